The lowest BCUT2D eigenvalue weighted by atomic mass is 10.2. The Bertz CT molecular complexity index is 914. The highest BCUT2D eigenvalue weighted by Crippen LogP contribution is 2.33. The molecule has 31 heavy (non-hydrogen) atoms. The molecule has 10 heteroatoms. The van der Waals surface area contributed by atoms with E-state index in [1.807, 2.05) is 19.1 Å². The molecule has 2 N–H and O–H groups in total. The molecule has 4 rings (SSSR count). The van der Waals surface area contributed by atoms with Gasteiger partial charge in [0.2, 0.25) is 11.8 Å². The molecule has 4 heterocycles. The average Bonchev–Trinajstić information content (AvgIpc) is 3.07. The molecule has 2 aliphatic heterocycles. The quantitative estimate of drug-likeness (QED) is 0.646. The number of hydrogen-bond acceptors (Lipinski definition) is 9. The first-order valence-electron chi connectivity index (χ1n) is 10.6. The summed E-state index contributed by atoms with van der Waals surface area (Å²) >= 11 is 0. The van der Waals surface area contributed by atoms with Gasteiger partial charge >= 0.3 is 6.01 Å². The summed E-state index contributed by atoms with van der Waals surface area (Å²) in [6.45, 7) is 8.42. The monoisotopic (exact) mass is 427 g/mol. The fourth-order valence-electron chi connectivity index (χ4n) is 3.71. The van der Waals surface area contributed by atoms with Crippen molar-refractivity contribution in [2.45, 2.75) is 19.9 Å². The van der Waals surface area contributed by atoms with Crippen molar-refractivity contribution in [3.8, 4) is 11.9 Å². The molecular weight excluding hydrogens is 398 g/mol. The Morgan fingerprint density at radius 2 is 1.94 bits per heavy atom. The number of carbonyl (C=O) groups is 1. The van der Waals surface area contributed by atoms with Crippen molar-refractivity contribution < 1.29 is 14.3 Å². The third-order valence-corrected chi connectivity index (χ3v) is 5.55. The van der Waals surface area contributed by atoms with Crippen molar-refractivity contribution in [1.82, 2.24) is 24.8 Å². The minimum Gasteiger partial charge on any atom is -0.476 e. The summed E-state index contributed by atoms with van der Waals surface area (Å²) in [6, 6.07) is 3.93. The van der Waals surface area contributed by atoms with Crippen LogP contribution in [0, 0.1) is 0 Å². The molecule has 0 atom stereocenters. The zero-order valence-electron chi connectivity index (χ0n) is 18.1. The van der Waals surface area contributed by atoms with Gasteiger partial charge in [0.1, 0.15) is 18.2 Å². The van der Waals surface area contributed by atoms with Gasteiger partial charge in [-0.05, 0) is 19.5 Å². The van der Waals surface area contributed by atoms with Crippen LogP contribution in [0.4, 0.5) is 11.6 Å². The first-order chi connectivity index (χ1) is 15.0. The van der Waals surface area contributed by atoms with Gasteiger partial charge in [0.05, 0.1) is 19.6 Å². The molecule has 1 fully saturated rings. The molecule has 2 aromatic heterocycles. The zero-order valence-corrected chi connectivity index (χ0v) is 18.1. The zero-order chi connectivity index (χ0) is 21.8. The van der Waals surface area contributed by atoms with E-state index < -0.39 is 0 Å². The second-order valence-corrected chi connectivity index (χ2v) is 7.78. The number of nitrogens with two attached hydrogens (primary N) is 1. The fourth-order valence-corrected chi connectivity index (χ4v) is 3.71. The Labute approximate surface area is 182 Å². The number of nitrogens with zero attached hydrogens (tertiary/aromatic N) is 6. The van der Waals surface area contributed by atoms with Gasteiger partial charge in [0, 0.05) is 50.6 Å². The number of fused-ring (bicyclic) bond motifs is 1. The summed E-state index contributed by atoms with van der Waals surface area (Å²) < 4.78 is 11.2. The van der Waals surface area contributed by atoms with Crippen LogP contribution in [0.1, 0.15) is 18.1 Å². The Morgan fingerprint density at radius 3 is 2.65 bits per heavy atom. The first-order valence-corrected chi connectivity index (χ1v) is 10.6. The maximum absolute atomic E-state index is 12.5. The molecule has 0 bridgehead atoms. The maximum Gasteiger partial charge on any atom is 0.320 e. The molecule has 0 saturated carbocycles. The predicted molar refractivity (Wildman–Crippen MR) is 116 cm³/mol. The Hall–Kier alpha value is -2.98. The lowest BCUT2D eigenvalue weighted by Gasteiger charge is -2.32. The van der Waals surface area contributed by atoms with Gasteiger partial charge in [0.25, 0.3) is 0 Å². The summed E-state index contributed by atoms with van der Waals surface area (Å²) in [5.74, 6) is 1.30. The summed E-state index contributed by atoms with van der Waals surface area (Å²) in [5.41, 5.74) is 7.52. The van der Waals surface area contributed by atoms with Crippen LogP contribution in [-0.4, -0.2) is 83.6 Å². The molecule has 2 aliphatic rings. The minimum atomic E-state index is -0.0721. The van der Waals surface area contributed by atoms with Crippen LogP contribution >= 0.6 is 0 Å². The molecule has 10 nitrogen and oxygen atoms in total. The van der Waals surface area contributed by atoms with Crippen molar-refractivity contribution in [2.24, 2.45) is 0 Å². The van der Waals surface area contributed by atoms with Gasteiger partial charge in [-0.15, -0.1) is 0 Å². The van der Waals surface area contributed by atoms with Gasteiger partial charge in [-0.1, -0.05) is 6.07 Å². The second-order valence-electron chi connectivity index (χ2n) is 7.78. The lowest BCUT2D eigenvalue weighted by Crippen LogP contribution is -2.45. The van der Waals surface area contributed by atoms with Crippen molar-refractivity contribution >= 4 is 17.5 Å². The topological polar surface area (TPSA) is 110 Å². The van der Waals surface area contributed by atoms with Crippen LogP contribution in [0.2, 0.25) is 0 Å². The minimum absolute atomic E-state index is 0.0721. The van der Waals surface area contributed by atoms with Crippen LogP contribution < -0.4 is 20.1 Å². The van der Waals surface area contributed by atoms with E-state index in [1.54, 1.807) is 11.1 Å². The maximum atomic E-state index is 12.5. The van der Waals surface area contributed by atoms with E-state index in [4.69, 9.17) is 15.2 Å². The highest BCUT2D eigenvalue weighted by Gasteiger charge is 2.32. The number of aromatic nitrogens is 3. The number of nitrogen functional groups attached to an aromatic ring is 1. The number of ether oxygens (including phenoxy) is 2. The van der Waals surface area contributed by atoms with Crippen molar-refractivity contribution in [3.05, 3.63) is 29.5 Å². The molecular formula is C21H29N7O3. The van der Waals surface area contributed by atoms with Gasteiger partial charge in [-0.25, -0.2) is 4.98 Å². The first kappa shape index (κ1) is 21.3. The molecule has 0 aliphatic carbocycles. The number of amides is 1. The van der Waals surface area contributed by atoms with Crippen molar-refractivity contribution in [1.29, 1.82) is 0 Å². The third kappa shape index (κ3) is 5.02. The highest BCUT2D eigenvalue weighted by atomic mass is 16.5. The SMILES string of the molecule is CCOc1nc(N)c2c(n1)N(Cc1ccc(OCCN3CCN(C)CC3)nc1)C(=O)C2. The van der Waals surface area contributed by atoms with Crippen LogP contribution in [0.5, 0.6) is 11.9 Å². The van der Waals surface area contributed by atoms with Crippen LogP contribution in [0.15, 0.2) is 18.3 Å². The van der Waals surface area contributed by atoms with Gasteiger partial charge in [-0.2, -0.15) is 9.97 Å². The molecule has 0 aromatic carbocycles. The lowest BCUT2D eigenvalue weighted by molar-refractivity contribution is -0.117. The molecule has 0 spiro atoms. The van der Waals surface area contributed by atoms with E-state index in [0.29, 0.717) is 37.0 Å². The van der Waals surface area contributed by atoms with Crippen molar-refractivity contribution in [2.75, 3.05) is 63.6 Å². The van der Waals surface area contributed by atoms with E-state index in [1.165, 1.54) is 0 Å². The number of rotatable bonds is 8. The second kappa shape index (κ2) is 9.44. The molecule has 1 amide bonds. The smallest absolute Gasteiger partial charge is 0.320 e. The van der Waals surface area contributed by atoms with E-state index in [-0.39, 0.29) is 24.2 Å². The summed E-state index contributed by atoms with van der Waals surface area (Å²) in [5, 5.41) is 0. The fraction of sp³-hybridized carbons (Fsp3) is 0.524. The van der Waals surface area contributed by atoms with Crippen LogP contribution in [-0.2, 0) is 17.8 Å². The summed E-state index contributed by atoms with van der Waals surface area (Å²) in [4.78, 5) is 31.8. The highest BCUT2D eigenvalue weighted by molar-refractivity contribution is 6.01. The van der Waals surface area contributed by atoms with Gasteiger partial charge in [-0.3, -0.25) is 14.6 Å². The molecule has 166 valence electrons. The largest absolute Gasteiger partial charge is 0.476 e. The standard InChI is InChI=1S/C21H29N7O3/c1-3-30-21-24-19(22)16-12-18(29)28(20(16)25-21)14-15-4-5-17(23-13-15)31-11-10-27-8-6-26(2)7-9-27/h4-5,13H,3,6-12,14H2,1-2H3,(H2,22,24,25). The number of hydrogen-bond donors (Lipinski definition) is 1. The van der Waals surface area contributed by atoms with E-state index in [0.717, 1.165) is 38.3 Å². The predicted octanol–water partition coefficient (Wildman–Crippen LogP) is 0.568. The number of likely N-dealkylation sites (N-methyl/N-ethyl adjacent to an activating group) is 1. The molecule has 0 unspecified atom stereocenters. The van der Waals surface area contributed by atoms with Gasteiger partial charge in [0.15, 0.2) is 0 Å². The number of piperazine rings is 1. The number of carbonyl (C=O) groups excluding carboxylic acids is 1. The van der Waals surface area contributed by atoms with E-state index in [9.17, 15) is 4.79 Å². The number of anilines is 2. The average molecular weight is 428 g/mol. The Morgan fingerprint density at radius 1 is 1.13 bits per heavy atom. The summed E-state index contributed by atoms with van der Waals surface area (Å²) in [7, 11) is 2.15. The molecule has 2 aromatic rings. The number of pyridine rings is 1. The van der Waals surface area contributed by atoms with Crippen molar-refractivity contribution in [3.63, 3.8) is 0 Å². The van der Waals surface area contributed by atoms with Crippen LogP contribution in [0.3, 0.4) is 0 Å². The summed E-state index contributed by atoms with van der Waals surface area (Å²) in [6.07, 6.45) is 1.92. The molecule has 1 saturated heterocycles. The third-order valence-electron chi connectivity index (χ3n) is 5.55. The normalized spacial score (nSPS) is 17.1. The van der Waals surface area contributed by atoms with Crippen LogP contribution in [0.25, 0.3) is 0 Å². The van der Waals surface area contributed by atoms with E-state index >= 15 is 0 Å². The van der Waals surface area contributed by atoms with E-state index in [2.05, 4.69) is 31.8 Å². The molecule has 0 radical (unpaired) electrons. The Kier molecular flexibility index (Phi) is 6.47. The van der Waals surface area contributed by atoms with Gasteiger partial charge < -0.3 is 20.1 Å². The Balaban J connectivity index is 1.35.